The molecule has 0 aromatic rings. The second-order valence-corrected chi connectivity index (χ2v) is 3.45. The third-order valence-corrected chi connectivity index (χ3v) is 1.94. The number of hydrogen-bond acceptors (Lipinski definition) is 2. The third kappa shape index (κ3) is 9.80. The molecule has 3 N–H and O–H groups in total. The van der Waals surface area contributed by atoms with Crippen molar-refractivity contribution in [2.45, 2.75) is 44.8 Å². The molecular formula is C9H19F3N2. The molecule has 0 aromatic carbocycles. The Kier molecular flexibility index (Phi) is 6.92. The van der Waals surface area contributed by atoms with Crippen LogP contribution >= 0.6 is 0 Å². The smallest absolute Gasteiger partial charge is 0.328 e. The zero-order valence-electron chi connectivity index (χ0n) is 8.53. The van der Waals surface area contributed by atoms with Crippen molar-refractivity contribution in [2.75, 3.05) is 13.1 Å². The van der Waals surface area contributed by atoms with Crippen molar-refractivity contribution in [1.29, 1.82) is 0 Å². The van der Waals surface area contributed by atoms with Gasteiger partial charge >= 0.3 is 6.18 Å². The van der Waals surface area contributed by atoms with Gasteiger partial charge in [0.15, 0.2) is 0 Å². The van der Waals surface area contributed by atoms with E-state index in [4.69, 9.17) is 5.73 Å². The lowest BCUT2D eigenvalue weighted by Crippen LogP contribution is -2.28. The Hall–Kier alpha value is -0.290. The van der Waals surface area contributed by atoms with Crippen molar-refractivity contribution >= 4 is 0 Å². The van der Waals surface area contributed by atoms with Gasteiger partial charge in [-0.2, -0.15) is 13.2 Å². The number of rotatable bonds is 7. The summed E-state index contributed by atoms with van der Waals surface area (Å²) in [5.74, 6) is 0. The quantitative estimate of drug-likeness (QED) is 0.634. The fourth-order valence-corrected chi connectivity index (χ4v) is 1.16. The van der Waals surface area contributed by atoms with E-state index < -0.39 is 12.6 Å². The van der Waals surface area contributed by atoms with Crippen LogP contribution in [0.2, 0.25) is 0 Å². The molecule has 86 valence electrons. The molecule has 14 heavy (non-hydrogen) atoms. The largest absolute Gasteiger partial charge is 0.390 e. The van der Waals surface area contributed by atoms with E-state index in [1.54, 1.807) is 0 Å². The lowest BCUT2D eigenvalue weighted by atomic mass is 10.1. The summed E-state index contributed by atoms with van der Waals surface area (Å²) in [5, 5.41) is 2.73. The fraction of sp³-hybridized carbons (Fsp3) is 1.00. The van der Waals surface area contributed by atoms with Crippen LogP contribution in [-0.2, 0) is 0 Å². The Morgan fingerprint density at radius 2 is 1.86 bits per heavy atom. The van der Waals surface area contributed by atoms with Gasteiger partial charge in [-0.1, -0.05) is 13.3 Å². The average Bonchev–Trinajstić information content (AvgIpc) is 2.02. The lowest BCUT2D eigenvalue weighted by Gasteiger charge is -2.11. The van der Waals surface area contributed by atoms with E-state index in [1.165, 1.54) is 0 Å². The first-order valence-electron chi connectivity index (χ1n) is 4.98. The van der Waals surface area contributed by atoms with E-state index in [0.29, 0.717) is 6.54 Å². The first-order valence-corrected chi connectivity index (χ1v) is 4.98. The van der Waals surface area contributed by atoms with Crippen molar-refractivity contribution < 1.29 is 13.2 Å². The molecule has 0 heterocycles. The summed E-state index contributed by atoms with van der Waals surface area (Å²) in [4.78, 5) is 0. The second-order valence-electron chi connectivity index (χ2n) is 3.45. The highest BCUT2D eigenvalue weighted by atomic mass is 19.4. The fourth-order valence-electron chi connectivity index (χ4n) is 1.16. The zero-order chi connectivity index (χ0) is 11.0. The number of nitrogens with one attached hydrogen (secondary N) is 1. The van der Waals surface area contributed by atoms with E-state index in [2.05, 4.69) is 5.32 Å². The van der Waals surface area contributed by atoms with Crippen LogP contribution in [0.3, 0.4) is 0 Å². The molecule has 1 unspecified atom stereocenters. The van der Waals surface area contributed by atoms with Crippen molar-refractivity contribution in [3.05, 3.63) is 0 Å². The SMILES string of the molecule is CCCC(N)CCNCCC(F)(F)F. The molecule has 0 fully saturated rings. The molecule has 0 rings (SSSR count). The van der Waals surface area contributed by atoms with Gasteiger partial charge in [-0.3, -0.25) is 0 Å². The van der Waals surface area contributed by atoms with Crippen molar-refractivity contribution in [1.82, 2.24) is 5.32 Å². The molecule has 0 amide bonds. The van der Waals surface area contributed by atoms with E-state index in [9.17, 15) is 13.2 Å². The standard InChI is InChI=1S/C9H19F3N2/c1-2-3-8(13)4-6-14-7-5-9(10,11)12/h8,14H,2-7,13H2,1H3. The third-order valence-electron chi connectivity index (χ3n) is 1.94. The summed E-state index contributed by atoms with van der Waals surface area (Å²) in [6, 6.07) is 0.110. The highest BCUT2D eigenvalue weighted by molar-refractivity contribution is 4.62. The van der Waals surface area contributed by atoms with Gasteiger partial charge in [0.2, 0.25) is 0 Å². The monoisotopic (exact) mass is 212 g/mol. The minimum absolute atomic E-state index is 0.0116. The van der Waals surface area contributed by atoms with Gasteiger partial charge in [0.05, 0.1) is 6.42 Å². The summed E-state index contributed by atoms with van der Waals surface area (Å²) >= 11 is 0. The lowest BCUT2D eigenvalue weighted by molar-refractivity contribution is -0.133. The molecule has 0 saturated carbocycles. The number of halogens is 3. The Morgan fingerprint density at radius 3 is 2.36 bits per heavy atom. The summed E-state index contributed by atoms with van der Waals surface area (Å²) < 4.78 is 35.1. The summed E-state index contributed by atoms with van der Waals surface area (Å²) in [5.41, 5.74) is 5.69. The van der Waals surface area contributed by atoms with Crippen molar-refractivity contribution in [2.24, 2.45) is 5.73 Å². The number of nitrogens with two attached hydrogens (primary N) is 1. The van der Waals surface area contributed by atoms with Crippen LogP contribution in [0.25, 0.3) is 0 Å². The van der Waals surface area contributed by atoms with Gasteiger partial charge in [-0.25, -0.2) is 0 Å². The first kappa shape index (κ1) is 13.7. The highest BCUT2D eigenvalue weighted by Crippen LogP contribution is 2.17. The van der Waals surface area contributed by atoms with E-state index >= 15 is 0 Å². The maximum Gasteiger partial charge on any atom is 0.390 e. The molecule has 0 aliphatic carbocycles. The van der Waals surface area contributed by atoms with Crippen LogP contribution in [0.15, 0.2) is 0 Å². The molecule has 0 aliphatic rings. The van der Waals surface area contributed by atoms with Gasteiger partial charge in [0.25, 0.3) is 0 Å². The molecule has 0 saturated heterocycles. The van der Waals surface area contributed by atoms with E-state index in [0.717, 1.165) is 19.3 Å². The summed E-state index contributed by atoms with van der Waals surface area (Å²) in [7, 11) is 0. The predicted molar refractivity (Wildman–Crippen MR) is 51.0 cm³/mol. The molecule has 0 radical (unpaired) electrons. The van der Waals surface area contributed by atoms with Gasteiger partial charge in [0.1, 0.15) is 0 Å². The van der Waals surface area contributed by atoms with Crippen LogP contribution in [0.1, 0.15) is 32.6 Å². The molecule has 5 heteroatoms. The summed E-state index contributed by atoms with van der Waals surface area (Å²) in [6.07, 6.45) is -2.13. The van der Waals surface area contributed by atoms with Gasteiger partial charge in [-0.05, 0) is 19.4 Å². The maximum atomic E-state index is 11.7. The Balaban J connectivity index is 3.21. The molecule has 0 aliphatic heterocycles. The highest BCUT2D eigenvalue weighted by Gasteiger charge is 2.25. The Morgan fingerprint density at radius 1 is 1.21 bits per heavy atom. The van der Waals surface area contributed by atoms with E-state index in [1.807, 2.05) is 6.92 Å². The van der Waals surface area contributed by atoms with Crippen LogP contribution in [0.5, 0.6) is 0 Å². The molecule has 0 spiro atoms. The van der Waals surface area contributed by atoms with Crippen LogP contribution < -0.4 is 11.1 Å². The van der Waals surface area contributed by atoms with Gasteiger partial charge in [-0.15, -0.1) is 0 Å². The minimum Gasteiger partial charge on any atom is -0.328 e. The minimum atomic E-state index is -4.06. The molecule has 2 nitrogen and oxygen atoms in total. The second kappa shape index (κ2) is 7.06. The molecule has 0 bridgehead atoms. The van der Waals surface area contributed by atoms with Gasteiger partial charge < -0.3 is 11.1 Å². The summed E-state index contributed by atoms with van der Waals surface area (Å²) in [6.45, 7) is 2.59. The van der Waals surface area contributed by atoms with Crippen LogP contribution in [0.4, 0.5) is 13.2 Å². The first-order chi connectivity index (χ1) is 6.45. The van der Waals surface area contributed by atoms with Crippen molar-refractivity contribution in [3.63, 3.8) is 0 Å². The normalized spacial score (nSPS) is 14.4. The molecular weight excluding hydrogens is 193 g/mol. The Labute approximate surface area is 83.0 Å². The van der Waals surface area contributed by atoms with Gasteiger partial charge in [0, 0.05) is 12.6 Å². The Bertz CT molecular complexity index is 137. The van der Waals surface area contributed by atoms with Crippen LogP contribution in [-0.4, -0.2) is 25.3 Å². The van der Waals surface area contributed by atoms with Crippen LogP contribution in [0, 0.1) is 0 Å². The van der Waals surface area contributed by atoms with Crippen molar-refractivity contribution in [3.8, 4) is 0 Å². The topological polar surface area (TPSA) is 38.0 Å². The molecule has 0 aromatic heterocycles. The van der Waals surface area contributed by atoms with E-state index in [-0.39, 0.29) is 12.6 Å². The predicted octanol–water partition coefficient (Wildman–Crippen LogP) is 2.05. The average molecular weight is 212 g/mol. The molecule has 1 atom stereocenters. The zero-order valence-corrected chi connectivity index (χ0v) is 8.53. The maximum absolute atomic E-state index is 11.7. The number of hydrogen-bond donors (Lipinski definition) is 2. The number of alkyl halides is 3.